The van der Waals surface area contributed by atoms with E-state index in [-0.39, 0.29) is 39.7 Å². The largest absolute Gasteiger partial charge is 0.453 e. The van der Waals surface area contributed by atoms with Crippen LogP contribution in [-0.2, 0) is 9.53 Å². The highest BCUT2D eigenvalue weighted by Crippen LogP contribution is 2.39. The third-order valence-corrected chi connectivity index (χ3v) is 5.52. The molecule has 0 radical (unpaired) electrons. The van der Waals surface area contributed by atoms with E-state index in [4.69, 9.17) is 33.2 Å². The van der Waals surface area contributed by atoms with E-state index in [0.717, 1.165) is 25.7 Å². The fourth-order valence-corrected chi connectivity index (χ4v) is 3.98. The van der Waals surface area contributed by atoms with Crippen LogP contribution in [0.3, 0.4) is 0 Å². The van der Waals surface area contributed by atoms with Gasteiger partial charge in [-0.25, -0.2) is 4.79 Å². The minimum atomic E-state index is -1.04. The fourth-order valence-electron chi connectivity index (χ4n) is 3.42. The van der Waals surface area contributed by atoms with Crippen LogP contribution < -0.4 is 21.0 Å². The number of imide groups is 1. The Kier molecular flexibility index (Phi) is 8.51. The lowest BCUT2D eigenvalue weighted by molar-refractivity contribution is -0.114. The maximum Gasteiger partial charge on any atom is 0.414 e. The van der Waals surface area contributed by atoms with Crippen molar-refractivity contribution in [2.24, 2.45) is 5.10 Å². The quantitative estimate of drug-likeness (QED) is 0.413. The molecule has 0 aliphatic heterocycles. The van der Waals surface area contributed by atoms with Crippen LogP contribution in [0.2, 0.25) is 10.0 Å². The van der Waals surface area contributed by atoms with Crippen LogP contribution >= 0.6 is 23.2 Å². The van der Waals surface area contributed by atoms with Gasteiger partial charge in [-0.05, 0) is 38.0 Å². The molecule has 0 unspecified atom stereocenters. The lowest BCUT2D eigenvalue weighted by Gasteiger charge is -2.16. The van der Waals surface area contributed by atoms with Crippen LogP contribution in [0.1, 0.15) is 38.6 Å². The molecule has 0 spiro atoms. The number of nitriles is 1. The zero-order valence-corrected chi connectivity index (χ0v) is 19.7. The maximum atomic E-state index is 12.2. The first kappa shape index (κ1) is 25.1. The molecule has 1 aliphatic carbocycles. The number of ether oxygens (including phenoxy) is 2. The van der Waals surface area contributed by atoms with Gasteiger partial charge in [0.1, 0.15) is 11.8 Å². The van der Waals surface area contributed by atoms with Gasteiger partial charge in [0, 0.05) is 12.1 Å². The molecule has 1 aromatic heterocycles. The Morgan fingerprint density at radius 2 is 1.91 bits per heavy atom. The van der Waals surface area contributed by atoms with E-state index in [9.17, 15) is 14.4 Å². The van der Waals surface area contributed by atoms with Crippen molar-refractivity contribution in [1.82, 2.24) is 9.88 Å². The van der Waals surface area contributed by atoms with E-state index in [0.29, 0.717) is 5.75 Å². The highest BCUT2D eigenvalue weighted by Gasteiger charge is 2.19. The Bertz CT molecular complexity index is 1190. The molecule has 1 aromatic carbocycles. The van der Waals surface area contributed by atoms with Gasteiger partial charge in [0.15, 0.2) is 5.75 Å². The molecule has 178 valence electrons. The average Bonchev–Trinajstić information content (AvgIpc) is 3.32. The van der Waals surface area contributed by atoms with Crippen LogP contribution in [-0.4, -0.2) is 28.9 Å². The fraction of sp³-hybridized carbons (Fsp3) is 0.318. The first-order chi connectivity index (χ1) is 16.3. The SMILES string of the molecule is CCOC(=O)NC(=O)/C(C#N)=N/Nc1cc(Cl)c(Oc2ccc(=O)n(C3CCCC3)c2)c(Cl)c1. The number of alkyl carbamates (subject to hydrolysis) is 1. The average molecular weight is 506 g/mol. The topological polar surface area (TPSA) is 135 Å². The summed E-state index contributed by atoms with van der Waals surface area (Å²) < 4.78 is 12.1. The number of carbonyl (C=O) groups is 2. The first-order valence-electron chi connectivity index (χ1n) is 10.4. The van der Waals surface area contributed by atoms with E-state index >= 15 is 0 Å². The van der Waals surface area contributed by atoms with E-state index in [1.807, 2.05) is 5.32 Å². The lowest BCUT2D eigenvalue weighted by Crippen LogP contribution is -2.36. The number of carbonyl (C=O) groups excluding carboxylic acids is 2. The Balaban J connectivity index is 1.75. The summed E-state index contributed by atoms with van der Waals surface area (Å²) in [6, 6.07) is 7.55. The molecule has 2 aromatic rings. The smallest absolute Gasteiger partial charge is 0.414 e. The standard InChI is InChI=1S/C22H21Cl2N5O5/c1-2-33-22(32)26-21(31)18(11-25)28-27-13-9-16(23)20(17(24)10-13)34-15-7-8-19(30)29(12-15)14-5-3-4-6-14/h7-10,12,14,27H,2-6H2,1H3,(H,26,31,32)/b28-18+. The number of halogens is 2. The van der Waals surface area contributed by atoms with Gasteiger partial charge in [-0.2, -0.15) is 10.4 Å². The molecular weight excluding hydrogens is 485 g/mol. The van der Waals surface area contributed by atoms with Crippen molar-refractivity contribution in [2.45, 2.75) is 38.6 Å². The van der Waals surface area contributed by atoms with E-state index in [1.165, 1.54) is 24.3 Å². The van der Waals surface area contributed by atoms with Gasteiger partial charge >= 0.3 is 6.09 Å². The summed E-state index contributed by atoms with van der Waals surface area (Å²) in [5.41, 5.74) is 2.03. The minimum absolute atomic E-state index is 0.0590. The zero-order valence-electron chi connectivity index (χ0n) is 18.1. The van der Waals surface area contributed by atoms with Crippen molar-refractivity contribution in [3.05, 3.63) is 50.9 Å². The summed E-state index contributed by atoms with van der Waals surface area (Å²) in [6.07, 6.45) is 4.68. The van der Waals surface area contributed by atoms with Crippen LogP contribution in [0.15, 0.2) is 40.4 Å². The number of nitrogens with zero attached hydrogens (tertiary/aromatic N) is 3. The number of aromatic nitrogens is 1. The Labute approximate surface area is 205 Å². The summed E-state index contributed by atoms with van der Waals surface area (Å²) in [6.45, 7) is 1.63. The predicted octanol–water partition coefficient (Wildman–Crippen LogP) is 4.63. The summed E-state index contributed by atoms with van der Waals surface area (Å²) >= 11 is 12.7. The summed E-state index contributed by atoms with van der Waals surface area (Å²) in [5.74, 6) is -0.477. The molecule has 0 atom stereocenters. The Morgan fingerprint density at radius 1 is 1.24 bits per heavy atom. The van der Waals surface area contributed by atoms with Gasteiger partial charge in [0.2, 0.25) is 5.71 Å². The number of hydrogen-bond donors (Lipinski definition) is 2. The number of anilines is 1. The second-order valence-electron chi connectivity index (χ2n) is 7.28. The van der Waals surface area contributed by atoms with Crippen molar-refractivity contribution in [3.63, 3.8) is 0 Å². The first-order valence-corrected chi connectivity index (χ1v) is 11.2. The molecule has 12 heteroatoms. The monoisotopic (exact) mass is 505 g/mol. The molecule has 34 heavy (non-hydrogen) atoms. The number of rotatable bonds is 7. The van der Waals surface area contributed by atoms with Crippen LogP contribution in [0.4, 0.5) is 10.5 Å². The van der Waals surface area contributed by atoms with Crippen molar-refractivity contribution in [2.75, 3.05) is 12.0 Å². The molecule has 2 N–H and O–H groups in total. The number of benzene rings is 1. The molecule has 1 heterocycles. The number of nitrogens with one attached hydrogen (secondary N) is 2. The van der Waals surface area contributed by atoms with Crippen LogP contribution in [0.25, 0.3) is 0 Å². The van der Waals surface area contributed by atoms with Gasteiger partial charge < -0.3 is 14.0 Å². The molecule has 3 rings (SSSR count). The molecule has 1 fully saturated rings. The van der Waals surface area contributed by atoms with Crippen LogP contribution in [0, 0.1) is 11.3 Å². The van der Waals surface area contributed by atoms with E-state index < -0.39 is 17.7 Å². The molecule has 2 amide bonds. The highest BCUT2D eigenvalue weighted by atomic mass is 35.5. The van der Waals surface area contributed by atoms with Crippen molar-refractivity contribution >= 4 is 46.6 Å². The summed E-state index contributed by atoms with van der Waals surface area (Å²) in [7, 11) is 0. The van der Waals surface area contributed by atoms with Gasteiger partial charge in [-0.3, -0.25) is 20.3 Å². The van der Waals surface area contributed by atoms with Gasteiger partial charge in [-0.1, -0.05) is 36.0 Å². The lowest BCUT2D eigenvalue weighted by atomic mass is 10.2. The number of pyridine rings is 1. The van der Waals surface area contributed by atoms with Gasteiger partial charge in [-0.15, -0.1) is 0 Å². The number of hydrogen-bond acceptors (Lipinski definition) is 8. The van der Waals surface area contributed by atoms with E-state index in [1.54, 1.807) is 23.8 Å². The molecule has 0 bridgehead atoms. The van der Waals surface area contributed by atoms with Crippen molar-refractivity contribution < 1.29 is 19.1 Å². The molecule has 1 saturated carbocycles. The Hall–Kier alpha value is -3.55. The summed E-state index contributed by atoms with van der Waals surface area (Å²) in [5, 5.41) is 14.9. The normalized spacial score (nSPS) is 13.8. The van der Waals surface area contributed by atoms with Gasteiger partial charge in [0.25, 0.3) is 11.5 Å². The second kappa shape index (κ2) is 11.5. The molecule has 1 aliphatic rings. The van der Waals surface area contributed by atoms with Crippen molar-refractivity contribution in [1.29, 1.82) is 5.26 Å². The third-order valence-electron chi connectivity index (χ3n) is 4.96. The van der Waals surface area contributed by atoms with Crippen molar-refractivity contribution in [3.8, 4) is 17.6 Å². The Morgan fingerprint density at radius 3 is 2.53 bits per heavy atom. The van der Waals surface area contributed by atoms with Gasteiger partial charge in [0.05, 0.1) is 28.5 Å². The third kappa shape index (κ3) is 6.27. The second-order valence-corrected chi connectivity index (χ2v) is 8.09. The van der Waals surface area contributed by atoms with Crippen LogP contribution in [0.5, 0.6) is 11.5 Å². The molecular formula is C22H21Cl2N5O5. The van der Waals surface area contributed by atoms with E-state index in [2.05, 4.69) is 15.3 Å². The minimum Gasteiger partial charge on any atom is -0.453 e. The summed E-state index contributed by atoms with van der Waals surface area (Å²) in [4.78, 5) is 35.5. The number of hydrazone groups is 1. The highest BCUT2D eigenvalue weighted by molar-refractivity contribution is 6.47. The number of amides is 2. The predicted molar refractivity (Wildman–Crippen MR) is 127 cm³/mol. The maximum absolute atomic E-state index is 12.2. The zero-order chi connectivity index (χ0) is 24.7. The molecule has 10 nitrogen and oxygen atoms in total. The molecule has 0 saturated heterocycles.